The summed E-state index contributed by atoms with van der Waals surface area (Å²) in [5.74, 6) is -1.03. The lowest BCUT2D eigenvalue weighted by Crippen LogP contribution is -2.50. The van der Waals surface area contributed by atoms with E-state index in [1.807, 2.05) is 45.0 Å². The number of aryl methyl sites for hydroxylation is 3. The predicted octanol–water partition coefficient (Wildman–Crippen LogP) is 3.17. The van der Waals surface area contributed by atoms with E-state index < -0.39 is 5.97 Å². The predicted molar refractivity (Wildman–Crippen MR) is 108 cm³/mol. The van der Waals surface area contributed by atoms with Crippen molar-refractivity contribution in [2.24, 2.45) is 0 Å². The zero-order valence-electron chi connectivity index (χ0n) is 16.6. The topological polar surface area (TPSA) is 66.9 Å². The van der Waals surface area contributed by atoms with E-state index in [1.165, 1.54) is 9.80 Å². The molecule has 0 radical (unpaired) electrons. The summed E-state index contributed by atoms with van der Waals surface area (Å²) in [5.41, 5.74) is 4.72. The first-order valence-corrected chi connectivity index (χ1v) is 9.27. The molecular formula is C22H24N2O4. The Hall–Kier alpha value is -3.15. The van der Waals surface area contributed by atoms with Crippen LogP contribution < -0.4 is 9.80 Å². The Kier molecular flexibility index (Phi) is 5.49. The van der Waals surface area contributed by atoms with Crippen LogP contribution in [0.1, 0.15) is 34.0 Å². The van der Waals surface area contributed by atoms with E-state index in [0.717, 1.165) is 16.7 Å². The number of hydrogen-bond acceptors (Lipinski definition) is 4. The smallest absolute Gasteiger partial charge is 0.326 e. The van der Waals surface area contributed by atoms with Gasteiger partial charge in [0.25, 0.3) is 5.91 Å². The van der Waals surface area contributed by atoms with Crippen LogP contribution >= 0.6 is 0 Å². The third-order valence-corrected chi connectivity index (χ3v) is 4.90. The van der Waals surface area contributed by atoms with E-state index in [-0.39, 0.29) is 31.5 Å². The van der Waals surface area contributed by atoms with Crippen molar-refractivity contribution in [1.29, 1.82) is 0 Å². The highest BCUT2D eigenvalue weighted by Gasteiger charge is 2.34. The minimum absolute atomic E-state index is 0.123. The van der Waals surface area contributed by atoms with Crippen molar-refractivity contribution in [3.8, 4) is 0 Å². The monoisotopic (exact) mass is 380 g/mol. The maximum absolute atomic E-state index is 13.1. The first kappa shape index (κ1) is 19.6. The molecule has 3 rings (SSSR count). The van der Waals surface area contributed by atoms with Crippen molar-refractivity contribution in [3.05, 3.63) is 58.7 Å². The van der Waals surface area contributed by atoms with E-state index in [9.17, 15) is 14.4 Å². The van der Waals surface area contributed by atoms with Gasteiger partial charge in [-0.15, -0.1) is 0 Å². The lowest BCUT2D eigenvalue weighted by Gasteiger charge is -2.36. The summed E-state index contributed by atoms with van der Waals surface area (Å²) in [4.78, 5) is 40.8. The van der Waals surface area contributed by atoms with Crippen LogP contribution in [0.15, 0.2) is 36.4 Å². The molecule has 28 heavy (non-hydrogen) atoms. The Morgan fingerprint density at radius 3 is 2.21 bits per heavy atom. The summed E-state index contributed by atoms with van der Waals surface area (Å²) >= 11 is 0. The van der Waals surface area contributed by atoms with E-state index in [2.05, 4.69) is 0 Å². The summed E-state index contributed by atoms with van der Waals surface area (Å²) in [6, 6.07) is 11.0. The second-order valence-electron chi connectivity index (χ2n) is 6.97. The molecule has 2 aromatic rings. The van der Waals surface area contributed by atoms with Gasteiger partial charge in [0, 0.05) is 5.56 Å². The average molecular weight is 380 g/mol. The molecule has 0 aromatic heterocycles. The maximum Gasteiger partial charge on any atom is 0.326 e. The Morgan fingerprint density at radius 1 is 1.00 bits per heavy atom. The summed E-state index contributed by atoms with van der Waals surface area (Å²) in [5, 5.41) is 0. The number of anilines is 2. The number of amides is 2. The van der Waals surface area contributed by atoms with Gasteiger partial charge < -0.3 is 4.74 Å². The Labute approximate surface area is 164 Å². The normalized spacial score (nSPS) is 13.4. The van der Waals surface area contributed by atoms with Crippen LogP contribution in [0, 0.1) is 20.8 Å². The molecule has 2 amide bonds. The number of carbonyl (C=O) groups is 3. The Balaban J connectivity index is 2.03. The zero-order valence-corrected chi connectivity index (χ0v) is 16.6. The standard InChI is InChI=1S/C22H24N2O4/c1-5-28-21(26)13-23-18-10-15(3)16(4)11-19(18)24(12-20(23)25)22(27)17-8-6-14(2)7-9-17/h6-11H,5,12-13H2,1-4H3. The van der Waals surface area contributed by atoms with Crippen LogP contribution in [0.2, 0.25) is 0 Å². The first-order valence-electron chi connectivity index (χ1n) is 9.27. The van der Waals surface area contributed by atoms with Gasteiger partial charge in [-0.2, -0.15) is 0 Å². The molecule has 2 aromatic carbocycles. The molecule has 0 saturated heterocycles. The fraction of sp³-hybridized carbons (Fsp3) is 0.318. The molecule has 0 atom stereocenters. The molecule has 0 aliphatic carbocycles. The van der Waals surface area contributed by atoms with E-state index in [1.54, 1.807) is 19.1 Å². The molecule has 6 heteroatoms. The molecule has 0 unspecified atom stereocenters. The van der Waals surface area contributed by atoms with Crippen LogP contribution in [0.25, 0.3) is 0 Å². The molecule has 0 N–H and O–H groups in total. The maximum atomic E-state index is 13.1. The van der Waals surface area contributed by atoms with Crippen LogP contribution in [-0.4, -0.2) is 37.5 Å². The Morgan fingerprint density at radius 2 is 1.61 bits per heavy atom. The molecule has 1 aliphatic rings. The van der Waals surface area contributed by atoms with E-state index in [0.29, 0.717) is 16.9 Å². The summed E-state index contributed by atoms with van der Waals surface area (Å²) in [6.45, 7) is 7.52. The van der Waals surface area contributed by atoms with Crippen molar-refractivity contribution < 1.29 is 19.1 Å². The summed E-state index contributed by atoms with van der Waals surface area (Å²) in [6.07, 6.45) is 0. The Bertz CT molecular complexity index is 934. The third kappa shape index (κ3) is 3.76. The largest absolute Gasteiger partial charge is 0.465 e. The van der Waals surface area contributed by atoms with E-state index >= 15 is 0 Å². The van der Waals surface area contributed by atoms with Crippen LogP contribution in [0.5, 0.6) is 0 Å². The lowest BCUT2D eigenvalue weighted by molar-refractivity contribution is -0.142. The molecule has 0 saturated carbocycles. The molecule has 0 bridgehead atoms. The molecular weight excluding hydrogens is 356 g/mol. The fourth-order valence-electron chi connectivity index (χ4n) is 3.20. The molecule has 1 heterocycles. The highest BCUT2D eigenvalue weighted by Crippen LogP contribution is 2.36. The van der Waals surface area contributed by atoms with Gasteiger partial charge in [-0.25, -0.2) is 0 Å². The number of hydrogen-bond donors (Lipinski definition) is 0. The van der Waals surface area contributed by atoms with Crippen LogP contribution in [-0.2, 0) is 14.3 Å². The van der Waals surface area contributed by atoms with Crippen molar-refractivity contribution in [3.63, 3.8) is 0 Å². The fourth-order valence-corrected chi connectivity index (χ4v) is 3.20. The summed E-state index contributed by atoms with van der Waals surface area (Å²) < 4.78 is 5.00. The van der Waals surface area contributed by atoms with Gasteiger partial charge >= 0.3 is 5.97 Å². The number of nitrogens with zero attached hydrogens (tertiary/aromatic N) is 2. The molecule has 0 fully saturated rings. The SMILES string of the molecule is CCOC(=O)CN1C(=O)CN(C(=O)c2ccc(C)cc2)c2cc(C)c(C)cc21. The molecule has 0 spiro atoms. The highest BCUT2D eigenvalue weighted by atomic mass is 16.5. The minimum Gasteiger partial charge on any atom is -0.465 e. The number of esters is 1. The molecule has 146 valence electrons. The number of rotatable bonds is 4. The lowest BCUT2D eigenvalue weighted by atomic mass is 10.0. The average Bonchev–Trinajstić information content (AvgIpc) is 2.65. The van der Waals surface area contributed by atoms with Crippen molar-refractivity contribution >= 4 is 29.2 Å². The van der Waals surface area contributed by atoms with Gasteiger partial charge in [-0.3, -0.25) is 24.2 Å². The second-order valence-corrected chi connectivity index (χ2v) is 6.97. The first-order chi connectivity index (χ1) is 13.3. The van der Waals surface area contributed by atoms with Crippen LogP contribution in [0.3, 0.4) is 0 Å². The number of benzene rings is 2. The molecule has 1 aliphatic heterocycles. The summed E-state index contributed by atoms with van der Waals surface area (Å²) in [7, 11) is 0. The van der Waals surface area contributed by atoms with Crippen molar-refractivity contribution in [1.82, 2.24) is 0 Å². The van der Waals surface area contributed by atoms with Gasteiger partial charge in [0.2, 0.25) is 5.91 Å². The van der Waals surface area contributed by atoms with Crippen molar-refractivity contribution in [2.75, 3.05) is 29.5 Å². The highest BCUT2D eigenvalue weighted by molar-refractivity contribution is 6.16. The number of ether oxygens (including phenoxy) is 1. The van der Waals surface area contributed by atoms with Gasteiger partial charge in [0.1, 0.15) is 13.1 Å². The minimum atomic E-state index is -0.474. The molecule has 6 nitrogen and oxygen atoms in total. The van der Waals surface area contributed by atoms with E-state index in [4.69, 9.17) is 4.74 Å². The van der Waals surface area contributed by atoms with Gasteiger partial charge in [-0.1, -0.05) is 17.7 Å². The zero-order chi connectivity index (χ0) is 20.4. The quantitative estimate of drug-likeness (QED) is 0.764. The second kappa shape index (κ2) is 7.84. The van der Waals surface area contributed by atoms with Crippen molar-refractivity contribution in [2.45, 2.75) is 27.7 Å². The number of carbonyl (C=O) groups excluding carboxylic acids is 3. The van der Waals surface area contributed by atoms with Gasteiger partial charge in [-0.05, 0) is 63.1 Å². The van der Waals surface area contributed by atoms with Gasteiger partial charge in [0.05, 0.1) is 18.0 Å². The van der Waals surface area contributed by atoms with Crippen LogP contribution in [0.4, 0.5) is 11.4 Å². The number of fused-ring (bicyclic) bond motifs is 1. The third-order valence-electron chi connectivity index (χ3n) is 4.90. The van der Waals surface area contributed by atoms with Gasteiger partial charge in [0.15, 0.2) is 0 Å².